The van der Waals surface area contributed by atoms with Gasteiger partial charge in [-0.2, -0.15) is 4.98 Å². The van der Waals surface area contributed by atoms with Gasteiger partial charge in [-0.15, -0.1) is 0 Å². The first-order valence-corrected chi connectivity index (χ1v) is 6.01. The van der Waals surface area contributed by atoms with Gasteiger partial charge >= 0.3 is 0 Å². The highest BCUT2D eigenvalue weighted by Gasteiger charge is 2.14. The van der Waals surface area contributed by atoms with Crippen LogP contribution in [0.5, 0.6) is 5.75 Å². The van der Waals surface area contributed by atoms with Crippen LogP contribution in [-0.2, 0) is 0 Å². The van der Waals surface area contributed by atoms with Gasteiger partial charge in [0.2, 0.25) is 5.82 Å². The molecular formula is C14H13N3O3. The minimum absolute atomic E-state index is 0.398. The molecule has 0 saturated heterocycles. The predicted molar refractivity (Wildman–Crippen MR) is 73.1 cm³/mol. The first kappa shape index (κ1) is 12.3. The summed E-state index contributed by atoms with van der Waals surface area (Å²) in [4.78, 5) is 4.35. The SMILES string of the molecule is COc1ccc(-c2nc(-c3ccoc3C)no2)cc1N. The molecule has 20 heavy (non-hydrogen) atoms. The van der Waals surface area contributed by atoms with Gasteiger partial charge in [-0.05, 0) is 31.2 Å². The molecule has 0 aliphatic rings. The van der Waals surface area contributed by atoms with Crippen LogP contribution < -0.4 is 10.5 Å². The van der Waals surface area contributed by atoms with Crippen LogP contribution in [0.1, 0.15) is 5.76 Å². The Morgan fingerprint density at radius 2 is 2.10 bits per heavy atom. The molecule has 2 aromatic heterocycles. The third kappa shape index (κ3) is 2.01. The van der Waals surface area contributed by atoms with Crippen molar-refractivity contribution in [1.29, 1.82) is 0 Å². The normalized spacial score (nSPS) is 10.7. The summed E-state index contributed by atoms with van der Waals surface area (Å²) in [5.41, 5.74) is 7.93. The highest BCUT2D eigenvalue weighted by atomic mass is 16.5. The molecule has 0 bridgehead atoms. The maximum absolute atomic E-state index is 5.86. The molecule has 0 saturated carbocycles. The van der Waals surface area contributed by atoms with E-state index in [2.05, 4.69) is 10.1 Å². The van der Waals surface area contributed by atoms with E-state index in [1.54, 1.807) is 31.6 Å². The van der Waals surface area contributed by atoms with Crippen molar-refractivity contribution >= 4 is 5.69 Å². The molecule has 0 aliphatic heterocycles. The van der Waals surface area contributed by atoms with Crippen LogP contribution in [0.15, 0.2) is 39.5 Å². The Labute approximate surface area is 115 Å². The lowest BCUT2D eigenvalue weighted by Gasteiger charge is -2.04. The molecule has 0 aliphatic carbocycles. The quantitative estimate of drug-likeness (QED) is 0.737. The molecule has 6 heteroatoms. The third-order valence-electron chi connectivity index (χ3n) is 3.00. The topological polar surface area (TPSA) is 87.3 Å². The minimum Gasteiger partial charge on any atom is -0.495 e. The first-order chi connectivity index (χ1) is 9.69. The van der Waals surface area contributed by atoms with Crippen molar-refractivity contribution in [2.24, 2.45) is 0 Å². The van der Waals surface area contributed by atoms with E-state index in [1.807, 2.05) is 13.0 Å². The largest absolute Gasteiger partial charge is 0.495 e. The second kappa shape index (κ2) is 4.73. The second-order valence-electron chi connectivity index (χ2n) is 4.27. The summed E-state index contributed by atoms with van der Waals surface area (Å²) >= 11 is 0. The fourth-order valence-corrected chi connectivity index (χ4v) is 1.93. The fourth-order valence-electron chi connectivity index (χ4n) is 1.93. The summed E-state index contributed by atoms with van der Waals surface area (Å²) in [5.74, 6) is 2.24. The molecule has 0 unspecified atom stereocenters. The van der Waals surface area contributed by atoms with Gasteiger partial charge in [0.15, 0.2) is 0 Å². The molecule has 0 amide bonds. The van der Waals surface area contributed by atoms with Crippen LogP contribution in [-0.4, -0.2) is 17.3 Å². The Morgan fingerprint density at radius 1 is 1.25 bits per heavy atom. The van der Waals surface area contributed by atoms with E-state index in [4.69, 9.17) is 19.4 Å². The number of hydrogen-bond donors (Lipinski definition) is 1. The Hall–Kier alpha value is -2.76. The van der Waals surface area contributed by atoms with Gasteiger partial charge < -0.3 is 19.4 Å². The monoisotopic (exact) mass is 271 g/mol. The molecule has 102 valence electrons. The average molecular weight is 271 g/mol. The zero-order valence-corrected chi connectivity index (χ0v) is 11.1. The molecule has 3 aromatic rings. The van der Waals surface area contributed by atoms with Crippen molar-refractivity contribution in [1.82, 2.24) is 10.1 Å². The number of nitrogens with two attached hydrogens (primary N) is 1. The predicted octanol–water partition coefficient (Wildman–Crippen LogP) is 2.90. The summed E-state index contributed by atoms with van der Waals surface area (Å²) in [6, 6.07) is 7.11. The lowest BCUT2D eigenvalue weighted by Crippen LogP contribution is -1.92. The molecule has 3 rings (SSSR count). The van der Waals surface area contributed by atoms with Gasteiger partial charge in [0.1, 0.15) is 11.5 Å². The summed E-state index contributed by atoms with van der Waals surface area (Å²) in [6.07, 6.45) is 1.59. The Bertz CT molecular complexity index is 746. The van der Waals surface area contributed by atoms with Crippen molar-refractivity contribution in [3.05, 3.63) is 36.3 Å². The maximum atomic E-state index is 5.86. The van der Waals surface area contributed by atoms with E-state index >= 15 is 0 Å². The Morgan fingerprint density at radius 3 is 2.75 bits per heavy atom. The first-order valence-electron chi connectivity index (χ1n) is 6.01. The number of hydrogen-bond acceptors (Lipinski definition) is 6. The van der Waals surface area contributed by atoms with Crippen LogP contribution in [0, 0.1) is 6.92 Å². The Balaban J connectivity index is 1.98. The lowest BCUT2D eigenvalue weighted by atomic mass is 10.2. The van der Waals surface area contributed by atoms with Gasteiger partial charge in [0.05, 0.1) is 24.6 Å². The molecule has 0 fully saturated rings. The van der Waals surface area contributed by atoms with E-state index < -0.39 is 0 Å². The van der Waals surface area contributed by atoms with Crippen molar-refractivity contribution < 1.29 is 13.7 Å². The average Bonchev–Trinajstić information content (AvgIpc) is 3.07. The maximum Gasteiger partial charge on any atom is 0.258 e. The molecule has 6 nitrogen and oxygen atoms in total. The van der Waals surface area contributed by atoms with E-state index in [0.717, 1.165) is 16.9 Å². The van der Waals surface area contributed by atoms with E-state index in [0.29, 0.717) is 23.2 Å². The van der Waals surface area contributed by atoms with Crippen molar-refractivity contribution in [2.45, 2.75) is 6.92 Å². The van der Waals surface area contributed by atoms with Gasteiger partial charge in [-0.3, -0.25) is 0 Å². The number of aromatic nitrogens is 2. The number of ether oxygens (including phenoxy) is 1. The van der Waals surface area contributed by atoms with E-state index in [9.17, 15) is 0 Å². The van der Waals surface area contributed by atoms with Crippen molar-refractivity contribution in [3.63, 3.8) is 0 Å². The zero-order valence-electron chi connectivity index (χ0n) is 11.1. The van der Waals surface area contributed by atoms with E-state index in [-0.39, 0.29) is 0 Å². The summed E-state index contributed by atoms with van der Waals surface area (Å²) in [7, 11) is 1.57. The third-order valence-corrected chi connectivity index (χ3v) is 3.00. The standard InChI is InChI=1S/C14H13N3O3/c1-8-10(5-6-19-8)13-16-14(20-17-13)9-3-4-12(18-2)11(15)7-9/h3-7H,15H2,1-2H3. The number of benzene rings is 1. The fraction of sp³-hybridized carbons (Fsp3) is 0.143. The number of methoxy groups -OCH3 is 1. The minimum atomic E-state index is 0.398. The van der Waals surface area contributed by atoms with Gasteiger partial charge in [0.25, 0.3) is 5.89 Å². The molecular weight excluding hydrogens is 258 g/mol. The molecule has 0 spiro atoms. The highest BCUT2D eigenvalue weighted by molar-refractivity contribution is 5.67. The number of furan rings is 1. The molecule has 2 heterocycles. The number of aryl methyl sites for hydroxylation is 1. The van der Waals surface area contributed by atoms with Crippen LogP contribution >= 0.6 is 0 Å². The second-order valence-corrected chi connectivity index (χ2v) is 4.27. The van der Waals surface area contributed by atoms with Gasteiger partial charge in [-0.1, -0.05) is 5.16 Å². The summed E-state index contributed by atoms with van der Waals surface area (Å²) < 4.78 is 15.6. The number of anilines is 1. The summed E-state index contributed by atoms with van der Waals surface area (Å²) in [5, 5.41) is 3.95. The van der Waals surface area contributed by atoms with Crippen LogP contribution in [0.25, 0.3) is 22.8 Å². The van der Waals surface area contributed by atoms with Crippen molar-refractivity contribution in [2.75, 3.05) is 12.8 Å². The van der Waals surface area contributed by atoms with Gasteiger partial charge in [-0.25, -0.2) is 0 Å². The highest BCUT2D eigenvalue weighted by Crippen LogP contribution is 2.29. The molecule has 1 aromatic carbocycles. The van der Waals surface area contributed by atoms with E-state index in [1.165, 1.54) is 0 Å². The molecule has 2 N–H and O–H groups in total. The van der Waals surface area contributed by atoms with Crippen LogP contribution in [0.2, 0.25) is 0 Å². The van der Waals surface area contributed by atoms with Crippen molar-refractivity contribution in [3.8, 4) is 28.6 Å². The van der Waals surface area contributed by atoms with Crippen LogP contribution in [0.4, 0.5) is 5.69 Å². The zero-order chi connectivity index (χ0) is 14.1. The number of nitrogen functional groups attached to an aromatic ring is 1. The Kier molecular flexibility index (Phi) is 2.90. The smallest absolute Gasteiger partial charge is 0.258 e. The summed E-state index contributed by atoms with van der Waals surface area (Å²) in [6.45, 7) is 1.84. The lowest BCUT2D eigenvalue weighted by molar-refractivity contribution is 0.416. The molecule has 0 atom stereocenters. The number of nitrogens with zero attached hydrogens (tertiary/aromatic N) is 2. The van der Waals surface area contributed by atoms with Gasteiger partial charge in [0, 0.05) is 5.56 Å². The van der Waals surface area contributed by atoms with Crippen LogP contribution in [0.3, 0.4) is 0 Å². The molecule has 0 radical (unpaired) electrons. The number of rotatable bonds is 3.